The zero-order chi connectivity index (χ0) is 21.5. The van der Waals surface area contributed by atoms with Gasteiger partial charge in [0.2, 0.25) is 0 Å². The van der Waals surface area contributed by atoms with Crippen molar-refractivity contribution in [3.8, 4) is 22.8 Å². The molecule has 2 aromatic carbocycles. The second-order valence-corrected chi connectivity index (χ2v) is 9.24. The van der Waals surface area contributed by atoms with Gasteiger partial charge in [0.05, 0.1) is 28.7 Å². The van der Waals surface area contributed by atoms with E-state index in [1.165, 1.54) is 29.3 Å². The van der Waals surface area contributed by atoms with Crippen molar-refractivity contribution in [2.45, 2.75) is 11.3 Å². The molecule has 0 saturated heterocycles. The van der Waals surface area contributed by atoms with Crippen molar-refractivity contribution in [3.05, 3.63) is 56.8 Å². The number of hydrogen-bond acceptors (Lipinski definition) is 7. The normalized spacial score (nSPS) is 11.0. The van der Waals surface area contributed by atoms with E-state index in [4.69, 9.17) is 16.3 Å². The van der Waals surface area contributed by atoms with Crippen LogP contribution in [0.1, 0.15) is 12.5 Å². The molecule has 1 amide bonds. The predicted octanol–water partition coefficient (Wildman–Crippen LogP) is 5.57. The standard InChI is InChI=1S/C20H17BrClN3O3S2/c1-2-28-17-8-12(7-15(21)19(17)27)9-23-25-18(26)11-30-20-24-16(10-29-20)13-3-5-14(22)6-4-13/h3-10,27H,2,11H2,1H3,(H,25,26)/b23-9+. The molecule has 6 nitrogen and oxygen atoms in total. The number of nitrogens with one attached hydrogen (secondary N) is 1. The Bertz CT molecular complexity index is 1060. The summed E-state index contributed by atoms with van der Waals surface area (Å²) >= 11 is 12.0. The number of benzene rings is 2. The highest BCUT2D eigenvalue weighted by atomic mass is 79.9. The van der Waals surface area contributed by atoms with Crippen molar-refractivity contribution >= 4 is 62.8 Å². The van der Waals surface area contributed by atoms with E-state index in [1.54, 1.807) is 12.1 Å². The number of carbonyl (C=O) groups excluding carboxylic acids is 1. The van der Waals surface area contributed by atoms with Gasteiger partial charge in [0.15, 0.2) is 15.8 Å². The van der Waals surface area contributed by atoms with Crippen LogP contribution >= 0.6 is 50.6 Å². The number of nitrogens with zero attached hydrogens (tertiary/aromatic N) is 2. The molecule has 0 atom stereocenters. The molecule has 3 rings (SSSR count). The van der Waals surface area contributed by atoms with Gasteiger partial charge < -0.3 is 9.84 Å². The zero-order valence-corrected chi connectivity index (χ0v) is 19.7. The van der Waals surface area contributed by atoms with E-state index in [2.05, 4.69) is 31.4 Å². The molecule has 3 aromatic rings. The lowest BCUT2D eigenvalue weighted by Crippen LogP contribution is -2.19. The van der Waals surface area contributed by atoms with Gasteiger partial charge >= 0.3 is 0 Å². The summed E-state index contributed by atoms with van der Waals surface area (Å²) in [6.07, 6.45) is 1.48. The quantitative estimate of drug-likeness (QED) is 0.228. The lowest BCUT2D eigenvalue weighted by molar-refractivity contribution is -0.118. The van der Waals surface area contributed by atoms with E-state index in [1.807, 2.05) is 36.6 Å². The number of carbonyl (C=O) groups is 1. The minimum atomic E-state index is -0.248. The highest BCUT2D eigenvalue weighted by Gasteiger charge is 2.09. The highest BCUT2D eigenvalue weighted by molar-refractivity contribution is 9.10. The molecule has 0 bridgehead atoms. The zero-order valence-electron chi connectivity index (χ0n) is 15.8. The number of aromatic nitrogens is 1. The van der Waals surface area contributed by atoms with Crippen LogP contribution in [0.2, 0.25) is 5.02 Å². The van der Waals surface area contributed by atoms with Crippen molar-refractivity contribution in [1.29, 1.82) is 0 Å². The molecule has 156 valence electrons. The molecule has 0 aliphatic carbocycles. The van der Waals surface area contributed by atoms with E-state index < -0.39 is 0 Å². The fourth-order valence-electron chi connectivity index (χ4n) is 2.35. The summed E-state index contributed by atoms with van der Waals surface area (Å²) in [5.41, 5.74) is 4.98. The summed E-state index contributed by atoms with van der Waals surface area (Å²) in [4.78, 5) is 16.6. The van der Waals surface area contributed by atoms with Gasteiger partial charge in [0.25, 0.3) is 5.91 Å². The number of thioether (sulfide) groups is 1. The average molecular weight is 527 g/mol. The maximum Gasteiger partial charge on any atom is 0.250 e. The fourth-order valence-corrected chi connectivity index (χ4v) is 4.56. The third kappa shape index (κ3) is 6.21. The molecule has 1 heterocycles. The molecule has 0 fully saturated rings. The Morgan fingerprint density at radius 3 is 2.90 bits per heavy atom. The molecular formula is C20H17BrClN3O3S2. The number of phenolic OH excluding ortho intramolecular Hbond substituents is 1. The maximum absolute atomic E-state index is 12.1. The maximum atomic E-state index is 12.1. The lowest BCUT2D eigenvalue weighted by Gasteiger charge is -2.08. The average Bonchev–Trinajstić information content (AvgIpc) is 3.20. The fraction of sp³-hybridized carbons (Fsp3) is 0.150. The third-order valence-electron chi connectivity index (χ3n) is 3.70. The van der Waals surface area contributed by atoms with Crippen LogP contribution in [-0.2, 0) is 4.79 Å². The van der Waals surface area contributed by atoms with Crippen molar-refractivity contribution in [1.82, 2.24) is 10.4 Å². The molecule has 0 aliphatic heterocycles. The number of hydrazone groups is 1. The van der Waals surface area contributed by atoms with Crippen molar-refractivity contribution in [3.63, 3.8) is 0 Å². The number of aromatic hydroxyl groups is 1. The van der Waals surface area contributed by atoms with E-state index in [-0.39, 0.29) is 17.4 Å². The summed E-state index contributed by atoms with van der Waals surface area (Å²) in [7, 11) is 0. The van der Waals surface area contributed by atoms with E-state index in [0.29, 0.717) is 27.4 Å². The molecule has 2 N–H and O–H groups in total. The smallest absolute Gasteiger partial charge is 0.250 e. The van der Waals surface area contributed by atoms with Gasteiger partial charge in [0, 0.05) is 16.0 Å². The highest BCUT2D eigenvalue weighted by Crippen LogP contribution is 2.35. The van der Waals surface area contributed by atoms with Crippen LogP contribution < -0.4 is 10.2 Å². The van der Waals surface area contributed by atoms with Crippen LogP contribution in [0.25, 0.3) is 11.3 Å². The molecule has 30 heavy (non-hydrogen) atoms. The second kappa shape index (κ2) is 10.8. The number of phenols is 1. The predicted molar refractivity (Wildman–Crippen MR) is 126 cm³/mol. The van der Waals surface area contributed by atoms with Gasteiger partial charge in [0.1, 0.15) is 0 Å². The van der Waals surface area contributed by atoms with Crippen molar-refractivity contribution in [2.24, 2.45) is 5.10 Å². The number of rotatable bonds is 8. The lowest BCUT2D eigenvalue weighted by atomic mass is 10.2. The first-order chi connectivity index (χ1) is 14.5. The van der Waals surface area contributed by atoms with Gasteiger partial charge in [-0.05, 0) is 52.7 Å². The van der Waals surface area contributed by atoms with E-state index in [0.717, 1.165) is 15.6 Å². The molecule has 0 aliphatic rings. The van der Waals surface area contributed by atoms with Gasteiger partial charge in [-0.3, -0.25) is 4.79 Å². The Hall–Kier alpha value is -2.07. The van der Waals surface area contributed by atoms with Crippen molar-refractivity contribution < 1.29 is 14.6 Å². The van der Waals surface area contributed by atoms with Gasteiger partial charge in [-0.15, -0.1) is 11.3 Å². The topological polar surface area (TPSA) is 83.8 Å². The Morgan fingerprint density at radius 2 is 2.17 bits per heavy atom. The largest absolute Gasteiger partial charge is 0.503 e. The number of ether oxygens (including phenoxy) is 1. The summed E-state index contributed by atoms with van der Waals surface area (Å²) < 4.78 is 6.65. The van der Waals surface area contributed by atoms with Crippen LogP contribution in [0, 0.1) is 0 Å². The molecule has 0 unspecified atom stereocenters. The summed E-state index contributed by atoms with van der Waals surface area (Å²) in [5, 5.41) is 16.5. The van der Waals surface area contributed by atoms with E-state index >= 15 is 0 Å². The molecule has 0 saturated carbocycles. The van der Waals surface area contributed by atoms with Gasteiger partial charge in [-0.25, -0.2) is 10.4 Å². The van der Waals surface area contributed by atoms with Gasteiger partial charge in [-0.2, -0.15) is 5.10 Å². The minimum Gasteiger partial charge on any atom is -0.503 e. The number of amides is 1. The van der Waals surface area contributed by atoms with Gasteiger partial charge in [-0.1, -0.05) is 35.5 Å². The number of hydrogen-bond donors (Lipinski definition) is 2. The first kappa shape index (κ1) is 22.6. The van der Waals surface area contributed by atoms with E-state index in [9.17, 15) is 9.90 Å². The second-order valence-electron chi connectivity index (χ2n) is 5.87. The van der Waals surface area contributed by atoms with Crippen LogP contribution in [0.15, 0.2) is 55.7 Å². The Labute approximate surface area is 195 Å². The van der Waals surface area contributed by atoms with Crippen LogP contribution in [-0.4, -0.2) is 34.6 Å². The monoisotopic (exact) mass is 525 g/mol. The van der Waals surface area contributed by atoms with Crippen LogP contribution in [0.5, 0.6) is 11.5 Å². The first-order valence-electron chi connectivity index (χ1n) is 8.77. The number of thiazole rings is 1. The minimum absolute atomic E-state index is 0.0239. The van der Waals surface area contributed by atoms with Crippen LogP contribution in [0.4, 0.5) is 0 Å². The first-order valence-corrected chi connectivity index (χ1v) is 11.8. The molecule has 1 aromatic heterocycles. The third-order valence-corrected chi connectivity index (χ3v) is 6.58. The molecule has 10 heteroatoms. The van der Waals surface area contributed by atoms with Crippen LogP contribution in [0.3, 0.4) is 0 Å². The van der Waals surface area contributed by atoms with Crippen molar-refractivity contribution in [2.75, 3.05) is 12.4 Å². The Kier molecular flexibility index (Phi) is 8.15. The molecular weight excluding hydrogens is 510 g/mol. The Morgan fingerprint density at radius 1 is 1.40 bits per heavy atom. The summed E-state index contributed by atoms with van der Waals surface area (Å²) in [6, 6.07) is 10.8. The summed E-state index contributed by atoms with van der Waals surface area (Å²) in [5.74, 6) is 0.308. The summed E-state index contributed by atoms with van der Waals surface area (Å²) in [6.45, 7) is 2.25. The number of halogens is 2. The SMILES string of the molecule is CCOc1cc(/C=N/NC(=O)CSc2nc(-c3ccc(Cl)cc3)cs2)cc(Br)c1O. The molecule has 0 radical (unpaired) electrons. The molecule has 0 spiro atoms. The Balaban J connectivity index is 1.52.